The number of carbonyl (C=O) groups excluding carboxylic acids is 1. The molecule has 0 spiro atoms. The number of pyridine rings is 1. The highest BCUT2D eigenvalue weighted by molar-refractivity contribution is 5.87. The maximum atomic E-state index is 15.8. The Bertz CT molecular complexity index is 1540. The van der Waals surface area contributed by atoms with Crippen LogP contribution in [0.15, 0.2) is 41.5 Å². The average molecular weight is 592 g/mol. The molecule has 3 aliphatic rings. The Balaban J connectivity index is 1.52. The molecule has 2 N–H and O–H groups in total. The van der Waals surface area contributed by atoms with Gasteiger partial charge < -0.3 is 10.6 Å². The lowest BCUT2D eigenvalue weighted by Crippen LogP contribution is -2.44. The molecule has 1 amide bonds. The van der Waals surface area contributed by atoms with Crippen molar-refractivity contribution in [1.29, 1.82) is 5.26 Å². The van der Waals surface area contributed by atoms with Crippen molar-refractivity contribution in [1.82, 2.24) is 24.8 Å². The first-order chi connectivity index (χ1) is 20.8. The number of nitrogens with zero attached hydrogens (tertiary/aromatic N) is 5. The molecule has 0 radical (unpaired) electrons. The molecule has 8 bridgehead atoms. The fourth-order valence-electron chi connectivity index (χ4n) is 6.14. The molecule has 1 atom stereocenters. The van der Waals surface area contributed by atoms with Crippen molar-refractivity contribution in [2.24, 2.45) is 5.92 Å². The zero-order chi connectivity index (χ0) is 30.4. The minimum atomic E-state index is -3.00. The summed E-state index contributed by atoms with van der Waals surface area (Å²) in [5.41, 5.74) is 1.68. The lowest BCUT2D eigenvalue weighted by molar-refractivity contribution is -0.123. The Hall–Kier alpha value is -3.91. The van der Waals surface area contributed by atoms with Crippen LogP contribution in [0.3, 0.4) is 0 Å². The molecular weight excluding hydrogens is 552 g/mol. The summed E-state index contributed by atoms with van der Waals surface area (Å²) in [6, 6.07) is 10.2. The van der Waals surface area contributed by atoms with Crippen LogP contribution in [0.5, 0.6) is 0 Å². The van der Waals surface area contributed by atoms with E-state index in [2.05, 4.69) is 26.7 Å². The van der Waals surface area contributed by atoms with E-state index in [-0.39, 0.29) is 29.6 Å². The second kappa shape index (κ2) is 13.6. The monoisotopic (exact) mass is 591 g/mol. The number of nitriles is 1. The van der Waals surface area contributed by atoms with Gasteiger partial charge in [0.15, 0.2) is 0 Å². The van der Waals surface area contributed by atoms with E-state index in [1.807, 2.05) is 24.0 Å². The Morgan fingerprint density at radius 1 is 1.09 bits per heavy atom. The molecule has 5 heterocycles. The van der Waals surface area contributed by atoms with Crippen molar-refractivity contribution < 1.29 is 13.6 Å². The van der Waals surface area contributed by atoms with Gasteiger partial charge in [-0.3, -0.25) is 19.1 Å². The number of hydrogen-bond donors (Lipinski definition) is 2. The Labute approximate surface area is 250 Å². The third-order valence-electron chi connectivity index (χ3n) is 8.66. The summed E-state index contributed by atoms with van der Waals surface area (Å²) in [6.45, 7) is 3.88. The molecule has 43 heavy (non-hydrogen) atoms. The van der Waals surface area contributed by atoms with Gasteiger partial charge in [-0.2, -0.15) is 5.26 Å². The van der Waals surface area contributed by atoms with Crippen LogP contribution in [0.4, 0.5) is 14.6 Å². The highest BCUT2D eigenvalue weighted by Gasteiger charge is 2.43. The van der Waals surface area contributed by atoms with Gasteiger partial charge in [-0.1, -0.05) is 18.2 Å². The summed E-state index contributed by atoms with van der Waals surface area (Å²) in [5, 5.41) is 15.9. The number of aryl methyl sites for hydroxylation is 2. The number of unbranched alkanes of at least 4 members (excludes halogenated alkanes) is 2. The highest BCUT2D eigenvalue weighted by atomic mass is 19.3. The molecule has 1 aromatic carbocycles. The van der Waals surface area contributed by atoms with Gasteiger partial charge in [0.25, 0.3) is 11.5 Å². The van der Waals surface area contributed by atoms with Crippen molar-refractivity contribution in [2.75, 3.05) is 31.5 Å². The first-order valence-corrected chi connectivity index (χ1v) is 15.3. The van der Waals surface area contributed by atoms with Crippen molar-refractivity contribution in [3.8, 4) is 6.07 Å². The number of benzene rings is 1. The van der Waals surface area contributed by atoms with E-state index >= 15 is 8.78 Å². The largest absolute Gasteiger partial charge is 0.363 e. The highest BCUT2D eigenvalue weighted by Crippen LogP contribution is 2.42. The van der Waals surface area contributed by atoms with Crippen LogP contribution >= 0.6 is 0 Å². The fraction of sp³-hybridized carbons (Fsp3) is 0.531. The number of fused-ring (bicyclic) bond motifs is 9. The molecule has 3 aliphatic heterocycles. The van der Waals surface area contributed by atoms with Crippen LogP contribution in [0.1, 0.15) is 74.6 Å². The van der Waals surface area contributed by atoms with Crippen LogP contribution in [0.25, 0.3) is 11.0 Å². The molecule has 9 nitrogen and oxygen atoms in total. The predicted octanol–water partition coefficient (Wildman–Crippen LogP) is 4.91. The average Bonchev–Trinajstić information content (AvgIpc) is 3.00. The predicted molar refractivity (Wildman–Crippen MR) is 161 cm³/mol. The van der Waals surface area contributed by atoms with Crippen LogP contribution in [-0.2, 0) is 23.7 Å². The first-order valence-electron chi connectivity index (χ1n) is 15.3. The van der Waals surface area contributed by atoms with Crippen LogP contribution < -0.4 is 16.2 Å². The van der Waals surface area contributed by atoms with Crippen LogP contribution in [0, 0.1) is 17.2 Å². The number of aromatic nitrogens is 3. The van der Waals surface area contributed by atoms with Crippen LogP contribution in [0.2, 0.25) is 0 Å². The van der Waals surface area contributed by atoms with E-state index in [4.69, 9.17) is 5.26 Å². The molecule has 2 aromatic heterocycles. The molecular formula is C32H39F2N7O2. The molecule has 0 aliphatic carbocycles. The number of anilines is 1. The van der Waals surface area contributed by atoms with E-state index in [0.717, 1.165) is 0 Å². The third kappa shape index (κ3) is 7.02. The van der Waals surface area contributed by atoms with Crippen molar-refractivity contribution in [3.63, 3.8) is 0 Å². The van der Waals surface area contributed by atoms with Gasteiger partial charge in [-0.25, -0.2) is 18.7 Å². The summed E-state index contributed by atoms with van der Waals surface area (Å²) in [5.74, 6) is -3.40. The SMILES string of the molecule is C[C@H]1Nc2ncnc3c2cc(CCCCC#N)c(=O)n3CCCCNC(=O)CN2CCC(CC2)C(F)(F)c2cccc1c2. The smallest absolute Gasteiger partial charge is 0.276 e. The molecule has 6 rings (SSSR count). The van der Waals surface area contributed by atoms with Gasteiger partial charge in [0.1, 0.15) is 17.8 Å². The Kier molecular flexibility index (Phi) is 9.65. The molecule has 228 valence electrons. The minimum absolute atomic E-state index is 0.0122. The van der Waals surface area contributed by atoms with E-state index < -0.39 is 11.8 Å². The second-order valence-corrected chi connectivity index (χ2v) is 11.7. The number of amides is 1. The second-order valence-electron chi connectivity index (χ2n) is 11.7. The number of hydrogen-bond acceptors (Lipinski definition) is 7. The summed E-state index contributed by atoms with van der Waals surface area (Å²) in [7, 11) is 0. The number of rotatable bonds is 4. The maximum absolute atomic E-state index is 15.8. The molecule has 11 heteroatoms. The van der Waals surface area contributed by atoms with E-state index in [1.54, 1.807) is 16.7 Å². The van der Waals surface area contributed by atoms with Gasteiger partial charge in [0.2, 0.25) is 5.91 Å². The molecule has 1 saturated heterocycles. The zero-order valence-electron chi connectivity index (χ0n) is 24.6. The zero-order valence-corrected chi connectivity index (χ0v) is 24.6. The molecule has 0 saturated carbocycles. The van der Waals surface area contributed by atoms with E-state index in [9.17, 15) is 9.59 Å². The summed E-state index contributed by atoms with van der Waals surface area (Å²) >= 11 is 0. The molecule has 3 aromatic rings. The summed E-state index contributed by atoms with van der Waals surface area (Å²) in [6.07, 6.45) is 5.72. The van der Waals surface area contributed by atoms with Gasteiger partial charge in [-0.05, 0) is 82.7 Å². The lowest BCUT2D eigenvalue weighted by Gasteiger charge is -2.36. The number of halogens is 2. The lowest BCUT2D eigenvalue weighted by atomic mass is 9.85. The van der Waals surface area contributed by atoms with Gasteiger partial charge in [0, 0.05) is 42.6 Å². The van der Waals surface area contributed by atoms with Crippen molar-refractivity contribution in [2.45, 2.75) is 76.8 Å². The number of alkyl halides is 2. The quantitative estimate of drug-likeness (QED) is 0.414. The maximum Gasteiger partial charge on any atom is 0.276 e. The molecule has 1 fully saturated rings. The Morgan fingerprint density at radius 3 is 2.70 bits per heavy atom. The fourth-order valence-corrected chi connectivity index (χ4v) is 6.14. The topological polar surface area (TPSA) is 116 Å². The van der Waals surface area contributed by atoms with Gasteiger partial charge in [-0.15, -0.1) is 0 Å². The summed E-state index contributed by atoms with van der Waals surface area (Å²) in [4.78, 5) is 37.1. The van der Waals surface area contributed by atoms with Crippen LogP contribution in [-0.4, -0.2) is 51.5 Å². The first kappa shape index (κ1) is 30.5. The standard InChI is InChI=1S/C32H39F2N7O2/c1-22-23-9-7-10-26(18-23)32(33,34)25-11-16-40(17-12-25)20-28(42)36-14-5-6-15-41-30-27(29(39-22)37-21-38-30)19-24(31(41)43)8-3-2-4-13-35/h7,9-10,18-19,21-22,25H,2-6,8,11-12,14-17,20H2,1H3,(H,36,42)(H,37,38,39)/t22-/m1/s1. The molecule has 0 unspecified atom stereocenters. The van der Waals surface area contributed by atoms with Crippen molar-refractivity contribution in [3.05, 3.63) is 63.7 Å². The number of carbonyl (C=O) groups is 1. The van der Waals surface area contributed by atoms with Gasteiger partial charge in [0.05, 0.1) is 18.0 Å². The van der Waals surface area contributed by atoms with Gasteiger partial charge >= 0.3 is 0 Å². The minimum Gasteiger partial charge on any atom is -0.363 e. The third-order valence-corrected chi connectivity index (χ3v) is 8.66. The normalized spacial score (nSPS) is 22.7. The van der Waals surface area contributed by atoms with Crippen molar-refractivity contribution >= 4 is 22.8 Å². The summed E-state index contributed by atoms with van der Waals surface area (Å²) < 4.78 is 33.2. The van der Waals surface area contributed by atoms with E-state index in [1.165, 1.54) is 12.4 Å². The number of piperidine rings is 1. The Morgan fingerprint density at radius 2 is 1.91 bits per heavy atom. The van der Waals surface area contributed by atoms with E-state index in [0.29, 0.717) is 106 Å². The number of nitrogens with one attached hydrogen (secondary N) is 2.